The summed E-state index contributed by atoms with van der Waals surface area (Å²) in [5.41, 5.74) is 4.26. The van der Waals surface area contributed by atoms with Crippen molar-refractivity contribution in [2.45, 2.75) is 19.8 Å². The van der Waals surface area contributed by atoms with Gasteiger partial charge in [0.05, 0.1) is 23.9 Å². The number of fused-ring (bicyclic) bond motifs is 1. The average molecular weight is 534 g/mol. The normalized spacial score (nSPS) is 13.8. The minimum Gasteiger partial charge on any atom is -0.495 e. The molecule has 1 saturated heterocycles. The maximum absolute atomic E-state index is 13.1. The molecule has 200 valence electrons. The summed E-state index contributed by atoms with van der Waals surface area (Å²) in [4.78, 5) is 18.0. The van der Waals surface area contributed by atoms with Crippen molar-refractivity contribution in [1.82, 2.24) is 4.90 Å². The van der Waals surface area contributed by atoms with E-state index in [2.05, 4.69) is 27.2 Å². The third kappa shape index (κ3) is 5.98. The maximum atomic E-state index is 13.1. The molecule has 1 fully saturated rings. The van der Waals surface area contributed by atoms with E-state index in [0.29, 0.717) is 22.3 Å². The molecule has 3 aromatic carbocycles. The Morgan fingerprint density at radius 3 is 2.39 bits per heavy atom. The van der Waals surface area contributed by atoms with E-state index in [-0.39, 0.29) is 17.8 Å². The van der Waals surface area contributed by atoms with Crippen LogP contribution in [0.2, 0.25) is 0 Å². The largest absolute Gasteiger partial charge is 0.495 e. The SMILES string of the molecule is COc1ccccc1N1CCN(CCCCNc2cccc3c(=O)c(C)c(-c4ccccc4)oc23)CC1.Cl. The van der Waals surface area contributed by atoms with E-state index in [1.807, 2.05) is 67.6 Å². The number of hydrogen-bond donors (Lipinski definition) is 1. The second-order valence-corrected chi connectivity index (χ2v) is 9.57. The van der Waals surface area contributed by atoms with Gasteiger partial charge in [0.15, 0.2) is 11.0 Å². The topological polar surface area (TPSA) is 58.0 Å². The highest BCUT2D eigenvalue weighted by molar-refractivity contribution is 5.90. The lowest BCUT2D eigenvalue weighted by Gasteiger charge is -2.36. The molecular weight excluding hydrogens is 498 g/mol. The summed E-state index contributed by atoms with van der Waals surface area (Å²) in [7, 11) is 1.73. The van der Waals surface area contributed by atoms with Crippen molar-refractivity contribution in [3.63, 3.8) is 0 Å². The van der Waals surface area contributed by atoms with E-state index < -0.39 is 0 Å². The molecule has 1 aliphatic rings. The van der Waals surface area contributed by atoms with E-state index in [4.69, 9.17) is 9.15 Å². The summed E-state index contributed by atoms with van der Waals surface area (Å²) in [6, 6.07) is 23.8. The van der Waals surface area contributed by atoms with Crippen LogP contribution in [0.3, 0.4) is 0 Å². The number of methoxy groups -OCH3 is 1. The first-order valence-electron chi connectivity index (χ1n) is 13.1. The number of nitrogens with one attached hydrogen (secondary N) is 1. The van der Waals surface area contributed by atoms with Gasteiger partial charge in [0.25, 0.3) is 0 Å². The van der Waals surface area contributed by atoms with E-state index in [9.17, 15) is 4.79 Å². The van der Waals surface area contributed by atoms with Crippen LogP contribution >= 0.6 is 12.4 Å². The maximum Gasteiger partial charge on any atom is 0.196 e. The van der Waals surface area contributed by atoms with Gasteiger partial charge in [0, 0.05) is 43.9 Å². The fraction of sp³-hybridized carbons (Fsp3) is 0.323. The quantitative estimate of drug-likeness (QED) is 0.258. The molecule has 0 radical (unpaired) electrons. The number of piperazine rings is 1. The fourth-order valence-corrected chi connectivity index (χ4v) is 5.10. The molecular formula is C31H36ClN3O3. The van der Waals surface area contributed by atoms with Crippen LogP contribution < -0.4 is 20.4 Å². The molecule has 0 bridgehead atoms. The molecule has 1 aliphatic heterocycles. The Morgan fingerprint density at radius 2 is 1.63 bits per heavy atom. The van der Waals surface area contributed by atoms with Crippen molar-refractivity contribution in [2.24, 2.45) is 0 Å². The highest BCUT2D eigenvalue weighted by Crippen LogP contribution is 2.30. The van der Waals surface area contributed by atoms with Crippen LogP contribution in [0.4, 0.5) is 11.4 Å². The summed E-state index contributed by atoms with van der Waals surface area (Å²) in [6.07, 6.45) is 2.16. The minimum atomic E-state index is 0. The Bertz CT molecular complexity index is 1400. The predicted molar refractivity (Wildman–Crippen MR) is 159 cm³/mol. The Balaban J connectivity index is 0.00000336. The Hall–Kier alpha value is -3.48. The van der Waals surface area contributed by atoms with Crippen molar-refractivity contribution in [3.8, 4) is 17.1 Å². The third-order valence-corrected chi connectivity index (χ3v) is 7.20. The summed E-state index contributed by atoms with van der Waals surface area (Å²) < 4.78 is 11.9. The number of halogens is 1. The lowest BCUT2D eigenvalue weighted by atomic mass is 10.1. The summed E-state index contributed by atoms with van der Waals surface area (Å²) in [6.45, 7) is 7.89. The molecule has 0 saturated carbocycles. The third-order valence-electron chi connectivity index (χ3n) is 7.20. The van der Waals surface area contributed by atoms with Gasteiger partial charge in [-0.1, -0.05) is 48.5 Å². The molecule has 2 heterocycles. The first-order chi connectivity index (χ1) is 18.2. The molecule has 4 aromatic rings. The van der Waals surface area contributed by atoms with Crippen LogP contribution in [-0.2, 0) is 0 Å². The minimum absolute atomic E-state index is 0. The van der Waals surface area contributed by atoms with Gasteiger partial charge in [-0.05, 0) is 50.6 Å². The molecule has 6 nitrogen and oxygen atoms in total. The lowest BCUT2D eigenvalue weighted by molar-refractivity contribution is 0.253. The first kappa shape index (κ1) is 27.6. The highest BCUT2D eigenvalue weighted by atomic mass is 35.5. The lowest BCUT2D eigenvalue weighted by Crippen LogP contribution is -2.46. The second-order valence-electron chi connectivity index (χ2n) is 9.57. The Morgan fingerprint density at radius 1 is 0.895 bits per heavy atom. The van der Waals surface area contributed by atoms with Crippen molar-refractivity contribution >= 4 is 34.8 Å². The molecule has 0 unspecified atom stereocenters. The van der Waals surface area contributed by atoms with E-state index in [0.717, 1.165) is 69.1 Å². The van der Waals surface area contributed by atoms with Gasteiger partial charge >= 0.3 is 0 Å². The van der Waals surface area contributed by atoms with E-state index in [1.54, 1.807) is 7.11 Å². The van der Waals surface area contributed by atoms with Gasteiger partial charge < -0.3 is 19.4 Å². The molecule has 0 amide bonds. The molecule has 5 rings (SSSR count). The first-order valence-corrected chi connectivity index (χ1v) is 13.1. The number of ether oxygens (including phenoxy) is 1. The van der Waals surface area contributed by atoms with Crippen LogP contribution in [0.25, 0.3) is 22.3 Å². The van der Waals surface area contributed by atoms with Gasteiger partial charge in [-0.3, -0.25) is 9.69 Å². The van der Waals surface area contributed by atoms with Gasteiger partial charge in [-0.15, -0.1) is 12.4 Å². The number of anilines is 2. The number of benzene rings is 3. The number of unbranched alkanes of at least 4 members (excludes halogenated alkanes) is 1. The van der Waals surface area contributed by atoms with Crippen molar-refractivity contribution < 1.29 is 9.15 Å². The zero-order chi connectivity index (χ0) is 25.6. The van der Waals surface area contributed by atoms with Crippen LogP contribution in [0.15, 0.2) is 82.0 Å². The van der Waals surface area contributed by atoms with Crippen LogP contribution in [0.5, 0.6) is 5.75 Å². The summed E-state index contributed by atoms with van der Waals surface area (Å²) in [5, 5.41) is 4.14. The molecule has 38 heavy (non-hydrogen) atoms. The number of rotatable bonds is 9. The van der Waals surface area contributed by atoms with Crippen molar-refractivity contribution in [2.75, 3.05) is 56.6 Å². The average Bonchev–Trinajstić information content (AvgIpc) is 2.95. The molecule has 0 atom stereocenters. The standard InChI is InChI=1S/C31H35N3O3.ClH/c1-23-29(35)25-13-10-14-26(31(25)37-30(23)24-11-4-3-5-12-24)32-17-8-9-18-33-19-21-34(22-20-33)27-15-6-7-16-28(27)36-2;/h3-7,10-16,32H,8-9,17-22H2,1-2H3;1H. The molecule has 7 heteroatoms. The van der Waals surface area contributed by atoms with Crippen molar-refractivity contribution in [1.29, 1.82) is 0 Å². The molecule has 0 spiro atoms. The van der Waals surface area contributed by atoms with Gasteiger partial charge in [0.2, 0.25) is 0 Å². The zero-order valence-corrected chi connectivity index (χ0v) is 22.9. The molecule has 1 N–H and O–H groups in total. The number of nitrogens with zero attached hydrogens (tertiary/aromatic N) is 2. The zero-order valence-electron chi connectivity index (χ0n) is 22.1. The van der Waals surface area contributed by atoms with Gasteiger partial charge in [-0.25, -0.2) is 0 Å². The fourth-order valence-electron chi connectivity index (χ4n) is 5.10. The van der Waals surface area contributed by atoms with Gasteiger partial charge in [-0.2, -0.15) is 0 Å². The number of para-hydroxylation sites is 3. The monoisotopic (exact) mass is 533 g/mol. The second kappa shape index (κ2) is 12.9. The Labute approximate surface area is 230 Å². The summed E-state index contributed by atoms with van der Waals surface area (Å²) >= 11 is 0. The predicted octanol–water partition coefficient (Wildman–Crippen LogP) is 6.21. The summed E-state index contributed by atoms with van der Waals surface area (Å²) in [5.74, 6) is 1.58. The van der Waals surface area contributed by atoms with Crippen LogP contribution in [0.1, 0.15) is 18.4 Å². The number of hydrogen-bond acceptors (Lipinski definition) is 6. The van der Waals surface area contributed by atoms with Gasteiger partial charge in [0.1, 0.15) is 11.5 Å². The van der Waals surface area contributed by atoms with Crippen molar-refractivity contribution in [3.05, 3.63) is 88.6 Å². The Kier molecular flexibility index (Phi) is 9.32. The smallest absolute Gasteiger partial charge is 0.196 e. The molecule has 0 aliphatic carbocycles. The van der Waals surface area contributed by atoms with Crippen LogP contribution in [-0.4, -0.2) is 51.3 Å². The van der Waals surface area contributed by atoms with E-state index >= 15 is 0 Å². The van der Waals surface area contributed by atoms with E-state index in [1.165, 1.54) is 5.69 Å². The van der Waals surface area contributed by atoms with Crippen LogP contribution in [0, 0.1) is 6.92 Å². The molecule has 1 aromatic heterocycles. The highest BCUT2D eigenvalue weighted by Gasteiger charge is 2.19.